The first-order valence-electron chi connectivity index (χ1n) is 24.5. The van der Waals surface area contributed by atoms with Crippen LogP contribution in [-0.4, -0.2) is 51.4 Å². The third-order valence-corrected chi connectivity index (χ3v) is 12.7. The van der Waals surface area contributed by atoms with Crippen LogP contribution in [0.5, 0.6) is 5.75 Å². The Morgan fingerprint density at radius 2 is 0.617 bits per heavy atom. The molecule has 0 atom stereocenters. The third-order valence-electron chi connectivity index (χ3n) is 12.7. The van der Waals surface area contributed by atoms with Crippen molar-refractivity contribution >= 4 is 99.3 Å². The van der Waals surface area contributed by atoms with E-state index in [-0.39, 0.29) is 0 Å². The Kier molecular flexibility index (Phi) is 17.1. The molecule has 0 unspecified atom stereocenters. The quantitative estimate of drug-likeness (QED) is 0.0354. The van der Waals surface area contributed by atoms with Crippen molar-refractivity contribution < 1.29 is 44.3 Å². The first kappa shape index (κ1) is 55.1. The van der Waals surface area contributed by atoms with Gasteiger partial charge in [0.05, 0.1) is 7.11 Å². The zero-order valence-electron chi connectivity index (χ0n) is 42.9. The van der Waals surface area contributed by atoms with E-state index in [2.05, 4.69) is 11.0 Å². The molecule has 0 aliphatic rings. The van der Waals surface area contributed by atoms with Crippen LogP contribution < -0.4 is 9.64 Å². The van der Waals surface area contributed by atoms with E-state index in [0.717, 1.165) is 78.1 Å². The van der Waals surface area contributed by atoms with Gasteiger partial charge in [-0.3, -0.25) is 0 Å². The minimum Gasteiger partial charge on any atom is -0.497 e. The smallest absolute Gasteiger partial charge is 0.346 e. The molecule has 0 saturated carbocycles. The molecule has 0 fully saturated rings. The van der Waals surface area contributed by atoms with E-state index in [1.807, 2.05) is 140 Å². The highest BCUT2D eigenvalue weighted by Gasteiger charge is 2.17. The summed E-state index contributed by atoms with van der Waals surface area (Å²) >= 11 is 0. The van der Waals surface area contributed by atoms with Gasteiger partial charge in [0.2, 0.25) is 0 Å². The number of ether oxygens (including phenoxy) is 1. The number of nitriles is 4. The van der Waals surface area contributed by atoms with Crippen LogP contribution in [-0.2, 0) is 19.2 Å². The van der Waals surface area contributed by atoms with Gasteiger partial charge in [-0.15, -0.1) is 0 Å². The molecule has 0 aliphatic carbocycles. The standard InChI is InChI=1S/C67H43N5O9/c1-81-61-29-23-52-36-60(28-22-53(52)37-61)72(58-24-10-46(11-25-58)34-62(48-14-2-42(3-15-48)30-54(38-68)64(73)74)49-16-4-43(5-17-49)31-55(39-69)65(75)76)59-26-12-47(13-27-59)35-63(50-18-6-44(7-19-50)32-56(40-70)66(77)78)51-20-8-45(9-21-51)33-57(41-71)67(79)80/h2-37H,1H3,(H,73,74)(H,75,76)(H,77,78)(H,79,80)/b54-30+,55-31+,56-32+,57-33+. The largest absolute Gasteiger partial charge is 0.497 e. The second-order valence-electron chi connectivity index (χ2n) is 17.9. The summed E-state index contributed by atoms with van der Waals surface area (Å²) in [5, 5.41) is 77.2. The number of hydrogen-bond donors (Lipinski definition) is 4. The van der Waals surface area contributed by atoms with Crippen LogP contribution in [0.1, 0.15) is 55.6 Å². The lowest BCUT2D eigenvalue weighted by Gasteiger charge is -2.26. The summed E-state index contributed by atoms with van der Waals surface area (Å²) in [6.45, 7) is 0. The van der Waals surface area contributed by atoms with Crippen molar-refractivity contribution in [1.29, 1.82) is 21.0 Å². The van der Waals surface area contributed by atoms with Gasteiger partial charge in [-0.1, -0.05) is 133 Å². The summed E-state index contributed by atoms with van der Waals surface area (Å²) in [7, 11) is 1.62. The molecule has 4 N–H and O–H groups in total. The van der Waals surface area contributed by atoms with E-state index in [9.17, 15) is 60.7 Å². The molecule has 0 radical (unpaired) electrons. The van der Waals surface area contributed by atoms with Crippen LogP contribution in [0.4, 0.5) is 17.1 Å². The maximum Gasteiger partial charge on any atom is 0.346 e. The van der Waals surface area contributed by atoms with Crippen LogP contribution in [0.15, 0.2) is 204 Å². The molecule has 0 spiro atoms. The fourth-order valence-corrected chi connectivity index (χ4v) is 8.63. The molecular formula is C67H43N5O9. The highest BCUT2D eigenvalue weighted by atomic mass is 16.5. The van der Waals surface area contributed by atoms with E-state index in [1.54, 1.807) is 79.9 Å². The second kappa shape index (κ2) is 25.2. The lowest BCUT2D eigenvalue weighted by atomic mass is 9.93. The Morgan fingerprint density at radius 1 is 0.358 bits per heavy atom. The lowest BCUT2D eigenvalue weighted by molar-refractivity contribution is -0.133. The van der Waals surface area contributed by atoms with Gasteiger partial charge in [-0.25, -0.2) is 19.2 Å². The van der Waals surface area contributed by atoms with Gasteiger partial charge in [-0.05, 0) is 163 Å². The predicted molar refractivity (Wildman–Crippen MR) is 310 cm³/mol. The van der Waals surface area contributed by atoms with E-state index < -0.39 is 46.2 Å². The summed E-state index contributed by atoms with van der Waals surface area (Å²) in [5.41, 5.74) is 8.94. The number of rotatable bonds is 18. The molecule has 0 bridgehead atoms. The topological polar surface area (TPSA) is 257 Å². The molecule has 0 amide bonds. The first-order valence-corrected chi connectivity index (χ1v) is 24.5. The van der Waals surface area contributed by atoms with Crippen LogP contribution >= 0.6 is 0 Å². The highest BCUT2D eigenvalue weighted by molar-refractivity contribution is 6.00. The second-order valence-corrected chi connectivity index (χ2v) is 17.9. The van der Waals surface area contributed by atoms with Crippen molar-refractivity contribution in [1.82, 2.24) is 0 Å². The van der Waals surface area contributed by atoms with E-state index in [0.29, 0.717) is 22.3 Å². The molecule has 8 aromatic carbocycles. The number of carboxylic acid groups (broad SMARTS) is 4. The number of aliphatic carboxylic acids is 4. The number of hydrogen-bond acceptors (Lipinski definition) is 10. The maximum atomic E-state index is 11.6. The van der Waals surface area contributed by atoms with Gasteiger partial charge in [0, 0.05) is 17.1 Å². The Hall–Kier alpha value is -12.1. The van der Waals surface area contributed by atoms with Crippen LogP contribution in [0.3, 0.4) is 0 Å². The number of carbonyl (C=O) groups is 4. The number of methoxy groups -OCH3 is 1. The fourth-order valence-electron chi connectivity index (χ4n) is 8.63. The van der Waals surface area contributed by atoms with Gasteiger partial charge in [0.1, 0.15) is 52.3 Å². The average molecular weight is 1060 g/mol. The Morgan fingerprint density at radius 3 is 0.901 bits per heavy atom. The van der Waals surface area contributed by atoms with E-state index in [4.69, 9.17) is 4.74 Å². The summed E-state index contributed by atoms with van der Waals surface area (Å²) in [4.78, 5) is 48.5. The van der Waals surface area contributed by atoms with Gasteiger partial charge in [0.25, 0.3) is 0 Å². The Labute approximate surface area is 464 Å². The van der Waals surface area contributed by atoms with Gasteiger partial charge in [-0.2, -0.15) is 21.0 Å². The summed E-state index contributed by atoms with van der Waals surface area (Å²) in [6, 6.07) is 62.7. The number of fused-ring (bicyclic) bond motifs is 1. The average Bonchev–Trinajstić information content (AvgIpc) is 3.66. The van der Waals surface area contributed by atoms with Crippen molar-refractivity contribution in [3.63, 3.8) is 0 Å². The molecule has 8 rings (SSSR count). The monoisotopic (exact) mass is 1060 g/mol. The van der Waals surface area contributed by atoms with Gasteiger partial charge in [0.15, 0.2) is 0 Å². The Balaban J connectivity index is 1.21. The van der Waals surface area contributed by atoms with Gasteiger partial charge < -0.3 is 30.1 Å². The van der Waals surface area contributed by atoms with E-state index in [1.165, 1.54) is 24.3 Å². The number of benzene rings is 8. The third kappa shape index (κ3) is 13.5. The van der Waals surface area contributed by atoms with Gasteiger partial charge >= 0.3 is 23.9 Å². The van der Waals surface area contributed by atoms with Crippen LogP contribution in [0, 0.1) is 45.3 Å². The molecule has 390 valence electrons. The number of nitrogens with zero attached hydrogens (tertiary/aromatic N) is 5. The molecule has 81 heavy (non-hydrogen) atoms. The summed E-state index contributed by atoms with van der Waals surface area (Å²) < 4.78 is 5.50. The first-order chi connectivity index (χ1) is 39.2. The molecular weight excluding hydrogens is 1020 g/mol. The van der Waals surface area contributed by atoms with Crippen molar-refractivity contribution in [3.8, 4) is 30.0 Å². The minimum atomic E-state index is -1.35. The van der Waals surface area contributed by atoms with Crippen molar-refractivity contribution in [2.45, 2.75) is 0 Å². The fraction of sp³-hybridized carbons (Fsp3) is 0.0149. The molecule has 0 aliphatic heterocycles. The van der Waals surface area contributed by atoms with Crippen molar-refractivity contribution in [3.05, 3.63) is 260 Å². The molecule has 14 heteroatoms. The molecule has 0 heterocycles. The summed E-state index contributed by atoms with van der Waals surface area (Å²) in [6.07, 6.45) is 9.09. The zero-order chi connectivity index (χ0) is 57.6. The molecule has 0 saturated heterocycles. The normalized spacial score (nSPS) is 11.4. The van der Waals surface area contributed by atoms with Crippen LogP contribution in [0.25, 0.3) is 58.4 Å². The zero-order valence-corrected chi connectivity index (χ0v) is 42.9. The maximum absolute atomic E-state index is 11.6. The van der Waals surface area contributed by atoms with E-state index >= 15 is 0 Å². The molecule has 8 aromatic rings. The predicted octanol–water partition coefficient (Wildman–Crippen LogP) is 13.5. The highest BCUT2D eigenvalue weighted by Crippen LogP contribution is 2.38. The number of anilines is 3. The molecule has 14 nitrogen and oxygen atoms in total. The number of carboxylic acids is 4. The van der Waals surface area contributed by atoms with Crippen LogP contribution in [0.2, 0.25) is 0 Å². The SMILES string of the molecule is COc1ccc2cc(N(c3ccc(C=C(c4ccc(/C=C(\C#N)C(=O)O)cc4)c4ccc(/C=C(\C#N)C(=O)O)cc4)cc3)c3ccc(C=C(c4ccc(/C=C(\C#N)C(=O)O)cc4)c4ccc(/C=C(\C#N)C(=O)O)cc4)cc3)ccc2c1. The van der Waals surface area contributed by atoms with Crippen molar-refractivity contribution in [2.24, 2.45) is 0 Å². The summed E-state index contributed by atoms with van der Waals surface area (Å²) in [5.74, 6) is -4.67. The lowest BCUT2D eigenvalue weighted by Crippen LogP contribution is -2.10. The van der Waals surface area contributed by atoms with Crippen molar-refractivity contribution in [2.75, 3.05) is 12.0 Å². The minimum absolute atomic E-state index is 0.419. The Bertz CT molecular complexity index is 3740. The molecule has 0 aromatic heterocycles.